The Hall–Kier alpha value is -0.570. The summed E-state index contributed by atoms with van der Waals surface area (Å²) in [7, 11) is 0. The smallest absolute Gasteiger partial charge is 0.223 e. The van der Waals surface area contributed by atoms with Gasteiger partial charge in [-0.05, 0) is 44.6 Å². The van der Waals surface area contributed by atoms with Gasteiger partial charge >= 0.3 is 0 Å². The average Bonchev–Trinajstić information content (AvgIpc) is 2.37. The number of hydrogen-bond donors (Lipinski definition) is 1. The maximum absolute atomic E-state index is 12.5. The molecule has 0 spiro atoms. The van der Waals surface area contributed by atoms with Gasteiger partial charge in [-0.2, -0.15) is 0 Å². The van der Waals surface area contributed by atoms with Crippen LogP contribution in [0.2, 0.25) is 0 Å². The molecule has 19 heavy (non-hydrogen) atoms. The Balaban J connectivity index is 4.51. The first-order valence-electron chi connectivity index (χ1n) is 7.95. The number of nitrogens with zero attached hydrogens (tertiary/aromatic N) is 1. The van der Waals surface area contributed by atoms with E-state index in [2.05, 4.69) is 39.5 Å². The molecule has 0 saturated carbocycles. The molecular weight excluding hydrogens is 236 g/mol. The summed E-state index contributed by atoms with van der Waals surface area (Å²) in [4.78, 5) is 14.5. The van der Waals surface area contributed by atoms with E-state index in [9.17, 15) is 4.79 Å². The summed E-state index contributed by atoms with van der Waals surface area (Å²) >= 11 is 0. The second kappa shape index (κ2) is 10.2. The molecule has 0 saturated heterocycles. The molecule has 3 heteroatoms. The molecule has 0 heterocycles. The summed E-state index contributed by atoms with van der Waals surface area (Å²) in [6, 6.07) is 0.344. The van der Waals surface area contributed by atoms with Crippen molar-refractivity contribution in [2.24, 2.45) is 17.6 Å². The van der Waals surface area contributed by atoms with Gasteiger partial charge in [-0.1, -0.05) is 34.1 Å². The third-order valence-corrected chi connectivity index (χ3v) is 3.80. The molecule has 0 aromatic carbocycles. The second-order valence-corrected chi connectivity index (χ2v) is 6.13. The van der Waals surface area contributed by atoms with E-state index in [4.69, 9.17) is 5.73 Å². The van der Waals surface area contributed by atoms with Crippen LogP contribution in [0.25, 0.3) is 0 Å². The lowest BCUT2D eigenvalue weighted by Crippen LogP contribution is -2.40. The fraction of sp³-hybridized carbons (Fsp3) is 0.938. The van der Waals surface area contributed by atoms with Crippen LogP contribution in [-0.2, 0) is 4.79 Å². The van der Waals surface area contributed by atoms with Crippen LogP contribution in [0.15, 0.2) is 0 Å². The van der Waals surface area contributed by atoms with Crippen LogP contribution in [0, 0.1) is 11.8 Å². The lowest BCUT2D eigenvalue weighted by Gasteiger charge is -2.30. The van der Waals surface area contributed by atoms with Gasteiger partial charge in [0.1, 0.15) is 0 Å². The number of carbonyl (C=O) groups is 1. The third kappa shape index (κ3) is 7.56. The zero-order chi connectivity index (χ0) is 14.8. The molecule has 114 valence electrons. The zero-order valence-corrected chi connectivity index (χ0v) is 13.6. The van der Waals surface area contributed by atoms with Gasteiger partial charge in [0, 0.05) is 19.0 Å². The summed E-state index contributed by atoms with van der Waals surface area (Å²) in [5, 5.41) is 0. The van der Waals surface area contributed by atoms with Crippen LogP contribution in [0.3, 0.4) is 0 Å². The van der Waals surface area contributed by atoms with Crippen LogP contribution in [0.4, 0.5) is 0 Å². The summed E-state index contributed by atoms with van der Waals surface area (Å²) in [6.45, 7) is 12.3. The van der Waals surface area contributed by atoms with Gasteiger partial charge in [-0.15, -0.1) is 0 Å². The molecule has 0 bridgehead atoms. The predicted molar refractivity (Wildman–Crippen MR) is 83.0 cm³/mol. The van der Waals surface area contributed by atoms with Gasteiger partial charge in [0.2, 0.25) is 5.91 Å². The molecule has 0 fully saturated rings. The highest BCUT2D eigenvalue weighted by Gasteiger charge is 2.21. The molecule has 0 aromatic heterocycles. The Bertz CT molecular complexity index is 241. The Morgan fingerprint density at radius 1 is 1.21 bits per heavy atom. The van der Waals surface area contributed by atoms with Crippen molar-refractivity contribution in [1.29, 1.82) is 0 Å². The number of amides is 1. The fourth-order valence-electron chi connectivity index (χ4n) is 2.43. The number of carbonyl (C=O) groups excluding carboxylic acids is 1. The molecule has 0 aromatic rings. The lowest BCUT2D eigenvalue weighted by atomic mass is 9.93. The summed E-state index contributed by atoms with van der Waals surface area (Å²) in [5.74, 6) is 1.23. The molecule has 0 aliphatic carbocycles. The van der Waals surface area contributed by atoms with Crippen LogP contribution in [0.5, 0.6) is 0 Å². The van der Waals surface area contributed by atoms with Gasteiger partial charge in [-0.3, -0.25) is 4.79 Å². The highest BCUT2D eigenvalue weighted by Crippen LogP contribution is 2.17. The van der Waals surface area contributed by atoms with Gasteiger partial charge in [0.15, 0.2) is 0 Å². The van der Waals surface area contributed by atoms with Crippen LogP contribution >= 0.6 is 0 Å². The molecule has 2 N–H and O–H groups in total. The zero-order valence-electron chi connectivity index (χ0n) is 13.6. The van der Waals surface area contributed by atoms with Crippen molar-refractivity contribution in [1.82, 2.24) is 4.90 Å². The van der Waals surface area contributed by atoms with Crippen molar-refractivity contribution in [3.63, 3.8) is 0 Å². The van der Waals surface area contributed by atoms with Gasteiger partial charge in [-0.25, -0.2) is 0 Å². The monoisotopic (exact) mass is 270 g/mol. The van der Waals surface area contributed by atoms with E-state index in [0.717, 1.165) is 32.2 Å². The minimum Gasteiger partial charge on any atom is -0.340 e. The number of hydrogen-bond acceptors (Lipinski definition) is 2. The van der Waals surface area contributed by atoms with Crippen molar-refractivity contribution in [2.75, 3.05) is 13.1 Å². The van der Waals surface area contributed by atoms with E-state index in [-0.39, 0.29) is 0 Å². The van der Waals surface area contributed by atoms with Crippen LogP contribution in [0.1, 0.15) is 66.7 Å². The summed E-state index contributed by atoms with van der Waals surface area (Å²) in [6.07, 6.45) is 4.90. The molecule has 0 rings (SSSR count). The molecule has 1 amide bonds. The number of nitrogens with two attached hydrogens (primary N) is 1. The lowest BCUT2D eigenvalue weighted by molar-refractivity contribution is -0.134. The predicted octanol–water partition coefficient (Wildman–Crippen LogP) is 3.42. The average molecular weight is 270 g/mol. The Labute approximate surface area is 119 Å². The maximum atomic E-state index is 12.5. The van der Waals surface area contributed by atoms with Crippen LogP contribution in [-0.4, -0.2) is 29.9 Å². The minimum absolute atomic E-state index is 0.291. The first kappa shape index (κ1) is 18.4. The fourth-order valence-corrected chi connectivity index (χ4v) is 2.43. The van der Waals surface area contributed by atoms with Gasteiger partial charge in [0.05, 0.1) is 0 Å². The number of unbranched alkanes of at least 4 members (excludes halogenated alkanes) is 1. The quantitative estimate of drug-likeness (QED) is 0.661. The van der Waals surface area contributed by atoms with Crippen molar-refractivity contribution < 1.29 is 4.79 Å². The standard InChI is InChI=1S/C16H34N2O/c1-6-8-9-18(14(5)7-2)16(19)11-15(12-17)10-13(3)4/h13-15H,6-12,17H2,1-5H3. The van der Waals surface area contributed by atoms with Gasteiger partial charge < -0.3 is 10.6 Å². The molecule has 2 atom stereocenters. The van der Waals surface area contributed by atoms with Crippen LogP contribution < -0.4 is 5.73 Å². The SMILES string of the molecule is CCCCN(C(=O)CC(CN)CC(C)C)C(C)CC. The van der Waals surface area contributed by atoms with Crippen molar-refractivity contribution in [3.8, 4) is 0 Å². The first-order chi connectivity index (χ1) is 8.96. The molecule has 0 aliphatic rings. The molecule has 0 radical (unpaired) electrons. The molecular formula is C16H34N2O. The summed E-state index contributed by atoms with van der Waals surface area (Å²) in [5.41, 5.74) is 5.81. The van der Waals surface area contributed by atoms with E-state index in [1.807, 2.05) is 0 Å². The maximum Gasteiger partial charge on any atom is 0.223 e. The molecule has 0 aliphatic heterocycles. The van der Waals surface area contributed by atoms with Gasteiger partial charge in [0.25, 0.3) is 0 Å². The topological polar surface area (TPSA) is 46.3 Å². The second-order valence-electron chi connectivity index (χ2n) is 6.13. The van der Waals surface area contributed by atoms with Crippen molar-refractivity contribution >= 4 is 5.91 Å². The summed E-state index contributed by atoms with van der Waals surface area (Å²) < 4.78 is 0. The third-order valence-electron chi connectivity index (χ3n) is 3.80. The van der Waals surface area contributed by atoms with E-state index in [1.54, 1.807) is 0 Å². The first-order valence-corrected chi connectivity index (χ1v) is 7.95. The Morgan fingerprint density at radius 2 is 1.84 bits per heavy atom. The van der Waals surface area contributed by atoms with E-state index in [0.29, 0.717) is 36.8 Å². The number of rotatable bonds is 10. The van der Waals surface area contributed by atoms with Crippen molar-refractivity contribution in [3.05, 3.63) is 0 Å². The Kier molecular flexibility index (Phi) is 9.94. The minimum atomic E-state index is 0.291. The Morgan fingerprint density at radius 3 is 2.26 bits per heavy atom. The van der Waals surface area contributed by atoms with E-state index in [1.165, 1.54) is 0 Å². The van der Waals surface area contributed by atoms with Crippen molar-refractivity contribution in [2.45, 2.75) is 72.8 Å². The van der Waals surface area contributed by atoms with E-state index < -0.39 is 0 Å². The molecule has 2 unspecified atom stereocenters. The highest BCUT2D eigenvalue weighted by atomic mass is 16.2. The molecule has 3 nitrogen and oxygen atoms in total. The largest absolute Gasteiger partial charge is 0.340 e. The normalized spacial score (nSPS) is 14.5. The van der Waals surface area contributed by atoms with E-state index >= 15 is 0 Å². The highest BCUT2D eigenvalue weighted by molar-refractivity contribution is 5.76.